The molecule has 0 fully saturated rings. The van der Waals surface area contributed by atoms with E-state index in [2.05, 4.69) is 41.2 Å². The van der Waals surface area contributed by atoms with Gasteiger partial charge in [0.1, 0.15) is 25.3 Å². The van der Waals surface area contributed by atoms with Gasteiger partial charge >= 0.3 is 0 Å². The number of nitrogens with one attached hydrogen (secondary N) is 4. The molecule has 0 saturated heterocycles. The molecule has 5 aromatic carbocycles. The SMILES string of the molecule is COc1cc2c(cc1OCc1cc(COc3cc4c(cc3OC)C(=O)N3c5ccccc5C[C@H]3CN4)cc(NC(=O)[C@H](C)NC(=O)[C@H](C)NC(=O)CCC(C)(C)SSC)c1)N=C[C@@H]1Cc3ccccc3N1C2=O. The molecule has 5 amide bonds. The lowest BCUT2D eigenvalue weighted by Crippen LogP contribution is -2.50. The summed E-state index contributed by atoms with van der Waals surface area (Å²) in [5, 5.41) is 11.9. The smallest absolute Gasteiger partial charge is 0.261 e. The molecule has 4 aliphatic rings. The number of methoxy groups -OCH3 is 2. The highest BCUT2D eigenvalue weighted by Crippen LogP contribution is 2.43. The van der Waals surface area contributed by atoms with Gasteiger partial charge in [-0.2, -0.15) is 0 Å². The number of carbonyl (C=O) groups is 5. The van der Waals surface area contributed by atoms with Gasteiger partial charge in [0.15, 0.2) is 23.0 Å². The van der Waals surface area contributed by atoms with Crippen molar-refractivity contribution in [3.63, 3.8) is 0 Å². The molecule has 4 aliphatic heterocycles. The Bertz CT molecular complexity index is 3020. The Hall–Kier alpha value is -7.18. The van der Waals surface area contributed by atoms with Gasteiger partial charge in [0.05, 0.1) is 48.8 Å². The molecule has 18 heteroatoms. The molecule has 0 aliphatic carbocycles. The topological polar surface area (TPSA) is 189 Å². The highest BCUT2D eigenvalue weighted by molar-refractivity contribution is 8.76. The number of hydrogen-bond donors (Lipinski definition) is 4. The molecule has 4 atom stereocenters. The Labute approximate surface area is 432 Å². The maximum atomic E-state index is 14.1. The summed E-state index contributed by atoms with van der Waals surface area (Å²) in [7, 11) is 6.36. The maximum Gasteiger partial charge on any atom is 0.261 e. The van der Waals surface area contributed by atoms with Crippen molar-refractivity contribution in [1.82, 2.24) is 10.6 Å². The highest BCUT2D eigenvalue weighted by Gasteiger charge is 2.39. The maximum absolute atomic E-state index is 14.1. The van der Waals surface area contributed by atoms with Gasteiger partial charge in [-0.15, -0.1) is 0 Å². The minimum Gasteiger partial charge on any atom is -0.493 e. The number of hydrogen-bond acceptors (Lipinski definition) is 13. The molecule has 0 radical (unpaired) electrons. The van der Waals surface area contributed by atoms with Crippen LogP contribution in [0.3, 0.4) is 0 Å². The first-order valence-corrected chi connectivity index (χ1v) is 26.7. The average molecular weight is 1030 g/mol. The lowest BCUT2D eigenvalue weighted by Gasteiger charge is -2.23. The molecule has 4 heterocycles. The van der Waals surface area contributed by atoms with Crippen LogP contribution < -0.4 is 50.0 Å². The predicted molar refractivity (Wildman–Crippen MR) is 287 cm³/mol. The Kier molecular flexibility index (Phi) is 14.9. The Morgan fingerprint density at radius 1 is 0.753 bits per heavy atom. The van der Waals surface area contributed by atoms with Crippen molar-refractivity contribution in [3.05, 3.63) is 124 Å². The molecule has 0 unspecified atom stereocenters. The van der Waals surface area contributed by atoms with Crippen molar-refractivity contribution >= 4 is 85.8 Å². The molecule has 5 aromatic rings. The standard InChI is InChI=1S/C55H59N7O9S2/c1-31(58-50(63)16-17-55(3,4)73-72-7)51(64)59-32(2)52(65)60-37-19-33(29-70-48-25-42-40(23-46(48)68-5)53(66)61-38(27-56-42)21-35-12-8-10-14-44(35)61)18-34(20-37)30-71-49-26-43-41(24-47(49)69-6)54(67)62-39(28-57-43)22-36-13-9-11-15-45(36)62/h8-15,18-20,23-27,31-32,38-39,57H,16-17,21-22,28-30H2,1-7H3,(H,58,63)(H,59,64)(H,60,65)/t31-,32-,38-,39-/m0/s1. The zero-order valence-corrected chi connectivity index (χ0v) is 43.5. The van der Waals surface area contributed by atoms with Gasteiger partial charge < -0.3 is 45.1 Å². The first-order chi connectivity index (χ1) is 35.1. The number of aliphatic imine (C=N–C) groups is 1. The zero-order chi connectivity index (χ0) is 51.6. The number of fused-ring (bicyclic) bond motifs is 8. The van der Waals surface area contributed by atoms with Crippen LogP contribution in [0.4, 0.5) is 28.4 Å². The van der Waals surface area contributed by atoms with Gasteiger partial charge in [-0.1, -0.05) is 58.0 Å². The predicted octanol–water partition coefficient (Wildman–Crippen LogP) is 8.66. The minimum absolute atomic E-state index is 0.00269. The third-order valence-corrected chi connectivity index (χ3v) is 16.1. The number of nitrogens with zero attached hydrogens (tertiary/aromatic N) is 3. The van der Waals surface area contributed by atoms with Crippen molar-refractivity contribution < 1.29 is 42.9 Å². The fraction of sp³-hybridized carbons (Fsp3) is 0.345. The van der Waals surface area contributed by atoms with Gasteiger partial charge in [0, 0.05) is 59.5 Å². The normalized spacial score (nSPS) is 17.0. The van der Waals surface area contributed by atoms with Gasteiger partial charge in [0.25, 0.3) is 11.8 Å². The van der Waals surface area contributed by atoms with Crippen LogP contribution in [0.2, 0.25) is 0 Å². The molecule has 16 nitrogen and oxygen atoms in total. The number of para-hydroxylation sites is 2. The van der Waals surface area contributed by atoms with E-state index in [1.807, 2.05) is 59.7 Å². The average Bonchev–Trinajstić information content (AvgIpc) is 3.87. The third kappa shape index (κ3) is 11.0. The van der Waals surface area contributed by atoms with Gasteiger partial charge in [-0.25, -0.2) is 0 Å². The van der Waals surface area contributed by atoms with Gasteiger partial charge in [-0.3, -0.25) is 33.9 Å². The summed E-state index contributed by atoms with van der Waals surface area (Å²) in [4.78, 5) is 76.3. The lowest BCUT2D eigenvalue weighted by molar-refractivity contribution is -0.130. The van der Waals surface area contributed by atoms with E-state index < -0.39 is 23.9 Å². The Balaban J connectivity index is 0.939. The lowest BCUT2D eigenvalue weighted by atomic mass is 10.1. The molecule has 9 rings (SSSR count). The molecule has 380 valence electrons. The molecular weight excluding hydrogens is 967 g/mol. The van der Waals surface area contributed by atoms with E-state index >= 15 is 0 Å². The summed E-state index contributed by atoms with van der Waals surface area (Å²) >= 11 is 0. The van der Waals surface area contributed by atoms with Crippen LogP contribution >= 0.6 is 21.6 Å². The van der Waals surface area contributed by atoms with Crippen molar-refractivity contribution in [1.29, 1.82) is 0 Å². The van der Waals surface area contributed by atoms with E-state index in [0.29, 0.717) is 81.7 Å². The van der Waals surface area contributed by atoms with Crippen LogP contribution in [0.5, 0.6) is 23.0 Å². The fourth-order valence-electron chi connectivity index (χ4n) is 9.64. The van der Waals surface area contributed by atoms with E-state index in [9.17, 15) is 24.0 Å². The molecule has 0 saturated carbocycles. The summed E-state index contributed by atoms with van der Waals surface area (Å²) in [5.74, 6) is -0.141. The first-order valence-electron chi connectivity index (χ1n) is 24.2. The molecule has 0 spiro atoms. The Morgan fingerprint density at radius 2 is 1.36 bits per heavy atom. The largest absolute Gasteiger partial charge is 0.493 e. The van der Waals surface area contributed by atoms with Gasteiger partial charge in [0.2, 0.25) is 17.7 Å². The number of anilines is 4. The first kappa shape index (κ1) is 50.7. The van der Waals surface area contributed by atoms with Gasteiger partial charge in [-0.05, 0) is 112 Å². The monoisotopic (exact) mass is 1030 g/mol. The fourth-order valence-corrected chi connectivity index (χ4v) is 11.9. The van der Waals surface area contributed by atoms with Crippen LogP contribution in [0.1, 0.15) is 83.5 Å². The summed E-state index contributed by atoms with van der Waals surface area (Å²) in [6.45, 7) is 7.83. The number of amides is 5. The second-order valence-electron chi connectivity index (χ2n) is 19.1. The van der Waals surface area contributed by atoms with E-state index in [1.165, 1.54) is 14.2 Å². The number of ether oxygens (including phenoxy) is 4. The van der Waals surface area contributed by atoms with E-state index in [-0.39, 0.29) is 54.2 Å². The summed E-state index contributed by atoms with van der Waals surface area (Å²) < 4.78 is 24.3. The second kappa shape index (κ2) is 21.5. The van der Waals surface area contributed by atoms with Crippen molar-refractivity contribution in [2.45, 2.75) is 95.5 Å². The van der Waals surface area contributed by atoms with Crippen LogP contribution in [0.15, 0.2) is 96.0 Å². The van der Waals surface area contributed by atoms with Crippen LogP contribution in [-0.2, 0) is 40.4 Å². The van der Waals surface area contributed by atoms with E-state index in [4.69, 9.17) is 23.9 Å². The molecule has 4 N–H and O–H groups in total. The highest BCUT2D eigenvalue weighted by atomic mass is 33.1. The van der Waals surface area contributed by atoms with Crippen LogP contribution in [0, 0.1) is 0 Å². The summed E-state index contributed by atoms with van der Waals surface area (Å²) in [6, 6.07) is 25.8. The van der Waals surface area contributed by atoms with Crippen molar-refractivity contribution in [3.8, 4) is 23.0 Å². The molecule has 73 heavy (non-hydrogen) atoms. The number of benzene rings is 5. The zero-order valence-electron chi connectivity index (χ0n) is 41.8. The van der Waals surface area contributed by atoms with E-state index in [1.54, 1.807) is 82.9 Å². The van der Waals surface area contributed by atoms with Crippen LogP contribution in [0.25, 0.3) is 0 Å². The number of carbonyl (C=O) groups excluding carboxylic acids is 5. The Morgan fingerprint density at radius 3 is 2.03 bits per heavy atom. The quantitative estimate of drug-likeness (QED) is 0.0613. The summed E-state index contributed by atoms with van der Waals surface area (Å²) in [6.07, 6.45) is 6.07. The minimum atomic E-state index is -0.983. The molecule has 0 bridgehead atoms. The summed E-state index contributed by atoms with van der Waals surface area (Å²) in [5.41, 5.74) is 7.54. The molecule has 0 aromatic heterocycles. The number of rotatable bonds is 18. The van der Waals surface area contributed by atoms with Crippen LogP contribution in [-0.4, -0.2) is 91.7 Å². The van der Waals surface area contributed by atoms with Crippen molar-refractivity contribution in [2.24, 2.45) is 4.99 Å². The van der Waals surface area contributed by atoms with E-state index in [0.717, 1.165) is 28.9 Å². The molecular formula is C55H59N7O9S2. The second-order valence-corrected chi connectivity index (χ2v) is 22.2. The van der Waals surface area contributed by atoms with Crippen molar-refractivity contribution in [2.75, 3.05) is 47.5 Å². The third-order valence-electron chi connectivity index (χ3n) is 13.4.